The van der Waals surface area contributed by atoms with Crippen LogP contribution >= 0.6 is 11.6 Å². The normalized spacial score (nSPS) is 15.2. The predicted molar refractivity (Wildman–Crippen MR) is 122 cm³/mol. The summed E-state index contributed by atoms with van der Waals surface area (Å²) in [4.78, 5) is 13.1. The molecule has 0 saturated carbocycles. The maximum absolute atomic E-state index is 13.1. The van der Waals surface area contributed by atoms with E-state index in [0.717, 1.165) is 28.9 Å². The molecule has 3 aromatic carbocycles. The monoisotopic (exact) mass is 415 g/mol. The van der Waals surface area contributed by atoms with Crippen molar-refractivity contribution >= 4 is 39.7 Å². The summed E-state index contributed by atoms with van der Waals surface area (Å²) in [6.07, 6.45) is 1.29. The number of nitrogens with one attached hydrogen (secondary N) is 1. The van der Waals surface area contributed by atoms with Crippen LogP contribution in [0.2, 0.25) is 5.02 Å². The summed E-state index contributed by atoms with van der Waals surface area (Å²) in [5.41, 5.74) is 3.34. The standard InChI is InChI=1S/C25H22ClN3O/c1-25(2)14-21-23(22(30)15-25)24(28-29(21)20-11-8-18(26)9-12-20)27-19-10-7-16-5-3-4-6-17(16)13-19/h3-13H,14-15H2,1-2H3,(H,27,28). The van der Waals surface area contributed by atoms with Gasteiger partial charge in [-0.2, -0.15) is 0 Å². The Morgan fingerprint density at radius 2 is 1.70 bits per heavy atom. The van der Waals surface area contributed by atoms with E-state index >= 15 is 0 Å². The predicted octanol–water partition coefficient (Wildman–Crippen LogP) is 6.58. The lowest BCUT2D eigenvalue weighted by atomic mass is 9.76. The number of halogens is 1. The Labute approximate surface area is 180 Å². The van der Waals surface area contributed by atoms with E-state index in [9.17, 15) is 4.79 Å². The van der Waals surface area contributed by atoms with E-state index < -0.39 is 0 Å². The third-order valence-electron chi connectivity index (χ3n) is 5.63. The van der Waals surface area contributed by atoms with E-state index in [1.165, 1.54) is 5.39 Å². The van der Waals surface area contributed by atoms with E-state index in [4.69, 9.17) is 16.7 Å². The molecule has 0 fully saturated rings. The van der Waals surface area contributed by atoms with Gasteiger partial charge in [0.25, 0.3) is 0 Å². The molecule has 1 heterocycles. The molecule has 0 aliphatic heterocycles. The molecule has 1 aliphatic carbocycles. The Kier molecular flexibility index (Phi) is 4.40. The zero-order valence-electron chi connectivity index (χ0n) is 16.9. The fraction of sp³-hybridized carbons (Fsp3) is 0.200. The Balaban J connectivity index is 1.62. The second-order valence-electron chi connectivity index (χ2n) is 8.69. The Morgan fingerprint density at radius 3 is 2.47 bits per heavy atom. The number of anilines is 2. The lowest BCUT2D eigenvalue weighted by Gasteiger charge is -2.29. The van der Waals surface area contributed by atoms with Crippen molar-refractivity contribution < 1.29 is 4.79 Å². The fourth-order valence-electron chi connectivity index (χ4n) is 4.24. The maximum Gasteiger partial charge on any atom is 0.169 e. The first-order valence-corrected chi connectivity index (χ1v) is 10.4. The van der Waals surface area contributed by atoms with Crippen LogP contribution in [0.4, 0.5) is 11.5 Å². The molecule has 0 unspecified atom stereocenters. The number of hydrogen-bond acceptors (Lipinski definition) is 3. The van der Waals surface area contributed by atoms with Crippen LogP contribution in [0.3, 0.4) is 0 Å². The first kappa shape index (κ1) is 18.9. The maximum atomic E-state index is 13.1. The Hall–Kier alpha value is -3.11. The molecule has 1 aromatic heterocycles. The molecular weight excluding hydrogens is 394 g/mol. The van der Waals surface area contributed by atoms with Crippen molar-refractivity contribution in [1.82, 2.24) is 9.78 Å². The lowest BCUT2D eigenvalue weighted by Crippen LogP contribution is -2.28. The average Bonchev–Trinajstić information content (AvgIpc) is 3.05. The Morgan fingerprint density at radius 1 is 0.967 bits per heavy atom. The molecule has 5 heteroatoms. The summed E-state index contributed by atoms with van der Waals surface area (Å²) in [5.74, 6) is 0.737. The molecular formula is C25H22ClN3O. The van der Waals surface area contributed by atoms with Crippen LogP contribution in [-0.2, 0) is 6.42 Å². The number of fused-ring (bicyclic) bond motifs is 2. The number of carbonyl (C=O) groups excluding carboxylic acids is 1. The van der Waals surface area contributed by atoms with Crippen LogP contribution in [0.1, 0.15) is 36.3 Å². The van der Waals surface area contributed by atoms with Crippen LogP contribution in [0.25, 0.3) is 16.5 Å². The zero-order valence-corrected chi connectivity index (χ0v) is 17.7. The molecule has 0 bridgehead atoms. The minimum absolute atomic E-state index is 0.103. The van der Waals surface area contributed by atoms with Gasteiger partial charge in [0.1, 0.15) is 0 Å². The van der Waals surface area contributed by atoms with Gasteiger partial charge in [-0.1, -0.05) is 55.8 Å². The average molecular weight is 416 g/mol. The van der Waals surface area contributed by atoms with Gasteiger partial charge in [-0.05, 0) is 59.0 Å². The smallest absolute Gasteiger partial charge is 0.169 e. The van der Waals surface area contributed by atoms with Crippen LogP contribution in [-0.4, -0.2) is 15.6 Å². The summed E-state index contributed by atoms with van der Waals surface area (Å²) in [7, 11) is 0. The van der Waals surface area contributed by atoms with E-state index in [1.807, 2.05) is 47.1 Å². The molecule has 0 amide bonds. The van der Waals surface area contributed by atoms with Gasteiger partial charge in [0, 0.05) is 17.1 Å². The highest BCUT2D eigenvalue weighted by Gasteiger charge is 2.36. The number of Topliss-reactive ketones (excluding diaryl/α,β-unsaturated/α-hetero) is 1. The number of nitrogens with zero attached hydrogens (tertiary/aromatic N) is 2. The summed E-state index contributed by atoms with van der Waals surface area (Å²) >= 11 is 6.08. The molecule has 5 rings (SSSR count). The topological polar surface area (TPSA) is 46.9 Å². The first-order chi connectivity index (χ1) is 14.4. The quantitative estimate of drug-likeness (QED) is 0.411. The molecule has 1 aliphatic rings. The largest absolute Gasteiger partial charge is 0.338 e. The molecule has 0 spiro atoms. The van der Waals surface area contributed by atoms with Crippen molar-refractivity contribution in [3.63, 3.8) is 0 Å². The van der Waals surface area contributed by atoms with E-state index in [0.29, 0.717) is 22.8 Å². The molecule has 1 N–H and O–H groups in total. The summed E-state index contributed by atoms with van der Waals surface area (Å²) in [5, 5.41) is 11.2. The molecule has 150 valence electrons. The number of ketones is 1. The van der Waals surface area contributed by atoms with Gasteiger partial charge in [0.2, 0.25) is 0 Å². The minimum atomic E-state index is -0.103. The van der Waals surface area contributed by atoms with Crippen molar-refractivity contribution in [2.45, 2.75) is 26.7 Å². The van der Waals surface area contributed by atoms with Crippen molar-refractivity contribution in [1.29, 1.82) is 0 Å². The van der Waals surface area contributed by atoms with E-state index in [2.05, 4.69) is 43.4 Å². The molecule has 0 radical (unpaired) electrons. The number of benzene rings is 3. The highest BCUT2D eigenvalue weighted by atomic mass is 35.5. The SMILES string of the molecule is CC1(C)CC(=O)c2c(Nc3ccc4ccccc4c3)nn(-c3ccc(Cl)cc3)c2C1. The van der Waals surface area contributed by atoms with Gasteiger partial charge >= 0.3 is 0 Å². The molecule has 0 atom stereocenters. The van der Waals surface area contributed by atoms with Crippen LogP contribution in [0.15, 0.2) is 66.7 Å². The zero-order chi connectivity index (χ0) is 20.9. The van der Waals surface area contributed by atoms with E-state index in [1.54, 1.807) is 0 Å². The van der Waals surface area contributed by atoms with Gasteiger partial charge in [-0.15, -0.1) is 5.10 Å². The van der Waals surface area contributed by atoms with Crippen molar-refractivity contribution in [3.05, 3.63) is 83.0 Å². The second-order valence-corrected chi connectivity index (χ2v) is 9.12. The summed E-state index contributed by atoms with van der Waals surface area (Å²) in [6, 6.07) is 21.9. The number of hydrogen-bond donors (Lipinski definition) is 1. The number of carbonyl (C=O) groups is 1. The number of aromatic nitrogens is 2. The van der Waals surface area contributed by atoms with Gasteiger partial charge in [-0.25, -0.2) is 4.68 Å². The molecule has 30 heavy (non-hydrogen) atoms. The Bertz CT molecular complexity index is 1270. The summed E-state index contributed by atoms with van der Waals surface area (Å²) < 4.78 is 1.88. The molecule has 0 saturated heterocycles. The third-order valence-corrected chi connectivity index (χ3v) is 5.88. The third kappa shape index (κ3) is 3.37. The fourth-order valence-corrected chi connectivity index (χ4v) is 4.36. The highest BCUT2D eigenvalue weighted by Crippen LogP contribution is 2.39. The van der Waals surface area contributed by atoms with Crippen LogP contribution < -0.4 is 5.32 Å². The molecule has 4 nitrogen and oxygen atoms in total. The van der Waals surface area contributed by atoms with Gasteiger partial charge in [-0.3, -0.25) is 4.79 Å². The van der Waals surface area contributed by atoms with Gasteiger partial charge in [0.05, 0.1) is 16.9 Å². The first-order valence-electron chi connectivity index (χ1n) is 10.1. The summed E-state index contributed by atoms with van der Waals surface area (Å²) in [6.45, 7) is 4.26. The highest BCUT2D eigenvalue weighted by molar-refractivity contribution is 6.30. The lowest BCUT2D eigenvalue weighted by molar-refractivity contribution is 0.0912. The number of rotatable bonds is 3. The second kappa shape index (κ2) is 6.99. The van der Waals surface area contributed by atoms with Crippen LogP contribution in [0.5, 0.6) is 0 Å². The van der Waals surface area contributed by atoms with Gasteiger partial charge in [0.15, 0.2) is 11.6 Å². The minimum Gasteiger partial charge on any atom is -0.338 e. The van der Waals surface area contributed by atoms with E-state index in [-0.39, 0.29) is 11.2 Å². The molecule has 4 aromatic rings. The van der Waals surface area contributed by atoms with Crippen molar-refractivity contribution in [2.75, 3.05) is 5.32 Å². The van der Waals surface area contributed by atoms with Crippen LogP contribution in [0, 0.1) is 5.41 Å². The van der Waals surface area contributed by atoms with Crippen molar-refractivity contribution in [2.24, 2.45) is 5.41 Å². The van der Waals surface area contributed by atoms with Crippen molar-refractivity contribution in [3.8, 4) is 5.69 Å². The van der Waals surface area contributed by atoms with Gasteiger partial charge < -0.3 is 5.32 Å².